The second kappa shape index (κ2) is 7.41. The molecule has 1 saturated heterocycles. The third kappa shape index (κ3) is 4.71. The van der Waals surface area contributed by atoms with Gasteiger partial charge >= 0.3 is 0 Å². The van der Waals surface area contributed by atoms with Gasteiger partial charge in [0.1, 0.15) is 0 Å². The molecule has 1 atom stereocenters. The molecule has 0 radical (unpaired) electrons. The zero-order valence-electron chi connectivity index (χ0n) is 12.8. The Hall–Kier alpha value is -1.62. The van der Waals surface area contributed by atoms with Crippen LogP contribution in [0.2, 0.25) is 0 Å². The Morgan fingerprint density at radius 1 is 1.43 bits per heavy atom. The zero-order valence-corrected chi connectivity index (χ0v) is 12.8. The SMILES string of the molecule is CC(=O)NC(C)CCc1ccc(C2CN(BC=O)C2)cc1. The van der Waals surface area contributed by atoms with Crippen molar-refractivity contribution in [1.29, 1.82) is 0 Å². The van der Waals surface area contributed by atoms with E-state index in [1.165, 1.54) is 11.1 Å². The molecule has 4 nitrogen and oxygen atoms in total. The minimum atomic E-state index is 0.0303. The quantitative estimate of drug-likeness (QED) is 0.603. The largest absolute Gasteiger partial charge is 0.354 e. The highest BCUT2D eigenvalue weighted by molar-refractivity contribution is 6.64. The topological polar surface area (TPSA) is 49.4 Å². The highest BCUT2D eigenvalue weighted by atomic mass is 16.1. The monoisotopic (exact) mass is 286 g/mol. The summed E-state index contributed by atoms with van der Waals surface area (Å²) in [7, 11) is 0.551. The van der Waals surface area contributed by atoms with E-state index >= 15 is 0 Å². The molecule has 1 aliphatic rings. The van der Waals surface area contributed by atoms with Crippen LogP contribution in [0.15, 0.2) is 24.3 Å². The van der Waals surface area contributed by atoms with Crippen LogP contribution in [0.3, 0.4) is 0 Å². The fourth-order valence-corrected chi connectivity index (χ4v) is 2.79. The van der Waals surface area contributed by atoms with Crippen molar-refractivity contribution in [1.82, 2.24) is 10.1 Å². The Labute approximate surface area is 127 Å². The van der Waals surface area contributed by atoms with Crippen LogP contribution in [0.25, 0.3) is 0 Å². The maximum Gasteiger partial charge on any atom is 0.281 e. The number of amides is 1. The van der Waals surface area contributed by atoms with Gasteiger partial charge in [-0.2, -0.15) is 0 Å². The molecule has 0 bridgehead atoms. The van der Waals surface area contributed by atoms with Crippen LogP contribution in [0.4, 0.5) is 0 Å². The van der Waals surface area contributed by atoms with Crippen LogP contribution in [-0.2, 0) is 16.0 Å². The van der Waals surface area contributed by atoms with E-state index in [1.807, 2.05) is 6.92 Å². The van der Waals surface area contributed by atoms with Crippen molar-refractivity contribution >= 4 is 19.5 Å². The molecular formula is C16H23BN2O2. The summed E-state index contributed by atoms with van der Waals surface area (Å²) >= 11 is 0. The predicted molar refractivity (Wildman–Crippen MR) is 86.3 cm³/mol. The van der Waals surface area contributed by atoms with Gasteiger partial charge in [-0.25, -0.2) is 0 Å². The van der Waals surface area contributed by atoms with Gasteiger partial charge in [0.25, 0.3) is 7.41 Å². The Kier molecular flexibility index (Phi) is 5.56. The van der Waals surface area contributed by atoms with Crippen molar-refractivity contribution in [2.75, 3.05) is 13.1 Å². The lowest BCUT2D eigenvalue weighted by Gasteiger charge is -2.38. The standard InChI is InChI=1S/C16H23BN2O2/c1-12(18-13(2)21)3-4-14-5-7-15(8-6-14)16-9-19(10-16)17-11-20/h5-8,11-12,16-17H,3-4,9-10H2,1-2H3,(H,18,21). The molecule has 1 fully saturated rings. The summed E-state index contributed by atoms with van der Waals surface area (Å²) in [6, 6.07) is 8.96. The summed E-state index contributed by atoms with van der Waals surface area (Å²) < 4.78 is 0. The fourth-order valence-electron chi connectivity index (χ4n) is 2.79. The van der Waals surface area contributed by atoms with Gasteiger partial charge in [0.2, 0.25) is 5.91 Å². The van der Waals surface area contributed by atoms with E-state index < -0.39 is 0 Å². The number of rotatable bonds is 7. The van der Waals surface area contributed by atoms with Crippen molar-refractivity contribution in [3.8, 4) is 0 Å². The second-order valence-corrected chi connectivity index (χ2v) is 5.96. The van der Waals surface area contributed by atoms with E-state index in [9.17, 15) is 9.59 Å². The number of nitrogens with zero attached hydrogens (tertiary/aromatic N) is 1. The van der Waals surface area contributed by atoms with Gasteiger partial charge in [0.15, 0.2) is 0 Å². The van der Waals surface area contributed by atoms with Crippen LogP contribution < -0.4 is 5.32 Å². The molecule has 1 aliphatic heterocycles. The van der Waals surface area contributed by atoms with E-state index in [0.717, 1.165) is 32.1 Å². The second-order valence-electron chi connectivity index (χ2n) is 5.96. The van der Waals surface area contributed by atoms with Crippen molar-refractivity contribution in [2.24, 2.45) is 0 Å². The molecule has 0 saturated carbocycles. The summed E-state index contributed by atoms with van der Waals surface area (Å²) in [4.78, 5) is 23.5. The lowest BCUT2D eigenvalue weighted by molar-refractivity contribution is -0.119. The van der Waals surface area contributed by atoms with Crippen LogP contribution in [-0.4, -0.2) is 43.4 Å². The molecule has 2 rings (SSSR count). The number of hydrogen-bond acceptors (Lipinski definition) is 3. The van der Waals surface area contributed by atoms with Gasteiger partial charge in [0.05, 0.1) is 6.19 Å². The first-order chi connectivity index (χ1) is 10.1. The number of carbonyl (C=O) groups excluding carboxylic acids is 2. The molecule has 1 unspecified atom stereocenters. The number of nitrogens with one attached hydrogen (secondary N) is 1. The maximum atomic E-state index is 11.0. The Morgan fingerprint density at radius 3 is 2.67 bits per heavy atom. The highest BCUT2D eigenvalue weighted by Crippen LogP contribution is 2.26. The van der Waals surface area contributed by atoms with E-state index in [1.54, 1.807) is 6.92 Å². The number of benzene rings is 1. The smallest absolute Gasteiger partial charge is 0.281 e. The molecule has 1 N–H and O–H groups in total. The fraction of sp³-hybridized carbons (Fsp3) is 0.500. The van der Waals surface area contributed by atoms with Gasteiger partial charge in [-0.05, 0) is 44.0 Å². The zero-order chi connectivity index (χ0) is 15.2. The van der Waals surface area contributed by atoms with Gasteiger partial charge in [-0.1, -0.05) is 24.3 Å². The predicted octanol–water partition coefficient (Wildman–Crippen LogP) is 1.08. The first kappa shape index (κ1) is 15.8. The first-order valence-corrected chi connectivity index (χ1v) is 7.60. The lowest BCUT2D eigenvalue weighted by atomic mass is 9.81. The summed E-state index contributed by atoms with van der Waals surface area (Å²) in [6.45, 7) is 5.55. The summed E-state index contributed by atoms with van der Waals surface area (Å²) in [6.07, 6.45) is 2.90. The number of carbonyl (C=O) groups is 2. The van der Waals surface area contributed by atoms with E-state index in [-0.39, 0.29) is 11.9 Å². The van der Waals surface area contributed by atoms with Crippen LogP contribution in [0.5, 0.6) is 0 Å². The summed E-state index contributed by atoms with van der Waals surface area (Å²) in [5.41, 5.74) is 2.66. The molecular weight excluding hydrogens is 263 g/mol. The summed E-state index contributed by atoms with van der Waals surface area (Å²) in [5.74, 6) is 0.597. The Balaban J connectivity index is 1.77. The van der Waals surface area contributed by atoms with E-state index in [0.29, 0.717) is 13.3 Å². The maximum absolute atomic E-state index is 11.0. The first-order valence-electron chi connectivity index (χ1n) is 7.60. The molecule has 21 heavy (non-hydrogen) atoms. The molecule has 1 aromatic carbocycles. The average Bonchev–Trinajstić information content (AvgIpc) is 2.40. The van der Waals surface area contributed by atoms with Gasteiger partial charge < -0.3 is 14.9 Å². The van der Waals surface area contributed by atoms with Gasteiger partial charge in [-0.3, -0.25) is 4.79 Å². The minimum absolute atomic E-state index is 0.0303. The van der Waals surface area contributed by atoms with Crippen LogP contribution in [0, 0.1) is 0 Å². The van der Waals surface area contributed by atoms with Crippen molar-refractivity contribution in [2.45, 2.75) is 38.6 Å². The van der Waals surface area contributed by atoms with E-state index in [2.05, 4.69) is 34.4 Å². The molecule has 0 aliphatic carbocycles. The number of aryl methyl sites for hydroxylation is 1. The Morgan fingerprint density at radius 2 is 2.10 bits per heavy atom. The molecule has 0 aromatic heterocycles. The molecule has 1 aromatic rings. The Bertz CT molecular complexity index is 484. The van der Waals surface area contributed by atoms with Crippen molar-refractivity contribution in [3.63, 3.8) is 0 Å². The third-order valence-corrected chi connectivity index (χ3v) is 4.06. The molecule has 112 valence electrons. The highest BCUT2D eigenvalue weighted by Gasteiger charge is 2.27. The van der Waals surface area contributed by atoms with Crippen molar-refractivity contribution < 1.29 is 9.59 Å². The number of hydrogen-bond donors (Lipinski definition) is 1. The third-order valence-electron chi connectivity index (χ3n) is 4.06. The normalized spacial score (nSPS) is 16.9. The summed E-state index contributed by atoms with van der Waals surface area (Å²) in [5, 5.41) is 2.90. The van der Waals surface area contributed by atoms with E-state index in [4.69, 9.17) is 0 Å². The molecule has 5 heteroatoms. The molecule has 1 heterocycles. The van der Waals surface area contributed by atoms with Crippen LogP contribution in [0.1, 0.15) is 37.3 Å². The molecule has 0 spiro atoms. The van der Waals surface area contributed by atoms with Crippen LogP contribution >= 0.6 is 0 Å². The van der Waals surface area contributed by atoms with Gasteiger partial charge in [0, 0.05) is 18.9 Å². The van der Waals surface area contributed by atoms with Crippen molar-refractivity contribution in [3.05, 3.63) is 35.4 Å². The molecule has 1 amide bonds. The van der Waals surface area contributed by atoms with Gasteiger partial charge in [-0.15, -0.1) is 0 Å². The average molecular weight is 286 g/mol. The lowest BCUT2D eigenvalue weighted by Crippen LogP contribution is -2.47. The minimum Gasteiger partial charge on any atom is -0.354 e.